The Morgan fingerprint density at radius 1 is 1.00 bits per heavy atom. The van der Waals surface area contributed by atoms with E-state index >= 15 is 0 Å². The summed E-state index contributed by atoms with van der Waals surface area (Å²) in [5.41, 5.74) is 1.78. The first-order chi connectivity index (χ1) is 12.0. The Morgan fingerprint density at radius 3 is 2.24 bits per heavy atom. The molecule has 0 amide bonds. The van der Waals surface area contributed by atoms with Gasteiger partial charge in [-0.15, -0.1) is 0 Å². The van der Waals surface area contributed by atoms with E-state index in [1.165, 1.54) is 6.20 Å². The Morgan fingerprint density at radius 2 is 1.64 bits per heavy atom. The number of benzene rings is 2. The maximum atomic E-state index is 12.3. The van der Waals surface area contributed by atoms with Gasteiger partial charge in [0.1, 0.15) is 6.17 Å². The minimum atomic E-state index is -3.50. The number of nitrogens with one attached hydrogen (secondary N) is 2. The Bertz CT molecular complexity index is 904. The summed E-state index contributed by atoms with van der Waals surface area (Å²) < 4.78 is 27.0. The number of Topliss-reactive ketones (excluding diaryl/α,β-unsaturated/α-hetero) is 1. The fourth-order valence-electron chi connectivity index (χ4n) is 2.48. The summed E-state index contributed by atoms with van der Waals surface area (Å²) in [5, 5.41) is 2.90. The molecule has 2 aromatic rings. The molecule has 6 heteroatoms. The molecule has 2 N–H and O–H groups in total. The molecular weight excluding hydrogens is 336 g/mol. The van der Waals surface area contributed by atoms with Crippen molar-refractivity contribution < 1.29 is 13.2 Å². The molecule has 0 saturated carbocycles. The molecule has 1 aliphatic rings. The van der Waals surface area contributed by atoms with Gasteiger partial charge in [0, 0.05) is 17.3 Å². The van der Waals surface area contributed by atoms with Crippen LogP contribution >= 0.6 is 0 Å². The lowest BCUT2D eigenvalue weighted by atomic mass is 10.0. The number of hydrogen-bond acceptors (Lipinski definition) is 4. The first kappa shape index (κ1) is 17.1. The molecule has 0 aliphatic carbocycles. The van der Waals surface area contributed by atoms with Crippen molar-refractivity contribution in [3.8, 4) is 0 Å². The molecule has 1 aliphatic heterocycles. The SMILES string of the molecule is O=C(C1=CNC(NS(=O)(=O)Cc2ccccc2)C=C1)c1ccccc1. The van der Waals surface area contributed by atoms with Gasteiger partial charge in [-0.2, -0.15) is 4.72 Å². The highest BCUT2D eigenvalue weighted by Crippen LogP contribution is 2.12. The van der Waals surface area contributed by atoms with Crippen LogP contribution in [-0.2, 0) is 15.8 Å². The Kier molecular flexibility index (Phi) is 5.11. The van der Waals surface area contributed by atoms with Gasteiger partial charge in [0.05, 0.1) is 5.75 Å². The predicted octanol–water partition coefficient (Wildman–Crippen LogP) is 2.36. The number of sulfonamides is 1. The van der Waals surface area contributed by atoms with Crippen molar-refractivity contribution in [2.24, 2.45) is 0 Å². The lowest BCUT2D eigenvalue weighted by molar-refractivity contribution is 0.103. The number of allylic oxidation sites excluding steroid dienone is 2. The van der Waals surface area contributed by atoms with Gasteiger partial charge in [0.2, 0.25) is 10.0 Å². The second-order valence-corrected chi connectivity index (χ2v) is 7.41. The fraction of sp³-hybridized carbons (Fsp3) is 0.105. The van der Waals surface area contributed by atoms with Gasteiger partial charge in [0.25, 0.3) is 0 Å². The molecule has 25 heavy (non-hydrogen) atoms. The van der Waals surface area contributed by atoms with Crippen LogP contribution < -0.4 is 10.0 Å². The number of dihydropyridines is 1. The van der Waals surface area contributed by atoms with Crippen LogP contribution in [0.25, 0.3) is 0 Å². The number of ketones is 1. The molecule has 0 saturated heterocycles. The van der Waals surface area contributed by atoms with Crippen molar-refractivity contribution in [2.45, 2.75) is 11.9 Å². The van der Waals surface area contributed by atoms with Crippen molar-refractivity contribution in [2.75, 3.05) is 0 Å². The predicted molar refractivity (Wildman–Crippen MR) is 97.1 cm³/mol. The van der Waals surface area contributed by atoms with Crippen molar-refractivity contribution in [3.05, 3.63) is 95.7 Å². The van der Waals surface area contributed by atoms with Gasteiger partial charge in [-0.25, -0.2) is 8.42 Å². The van der Waals surface area contributed by atoms with Crippen LogP contribution in [0.1, 0.15) is 15.9 Å². The molecule has 0 bridgehead atoms. The number of rotatable bonds is 6. The highest BCUT2D eigenvalue weighted by atomic mass is 32.2. The van der Waals surface area contributed by atoms with Crippen LogP contribution in [0.2, 0.25) is 0 Å². The smallest absolute Gasteiger partial charge is 0.217 e. The number of carbonyl (C=O) groups excluding carboxylic acids is 1. The van der Waals surface area contributed by atoms with E-state index in [0.717, 1.165) is 0 Å². The van der Waals surface area contributed by atoms with Gasteiger partial charge >= 0.3 is 0 Å². The Labute approximate surface area is 147 Å². The van der Waals surface area contributed by atoms with E-state index in [1.807, 2.05) is 12.1 Å². The van der Waals surface area contributed by atoms with E-state index in [0.29, 0.717) is 16.7 Å². The molecular formula is C19H18N2O3S. The van der Waals surface area contributed by atoms with E-state index < -0.39 is 16.2 Å². The van der Waals surface area contributed by atoms with E-state index in [9.17, 15) is 13.2 Å². The third-order valence-corrected chi connectivity index (χ3v) is 5.02. The zero-order chi connectivity index (χ0) is 17.7. The van der Waals surface area contributed by atoms with Crippen molar-refractivity contribution in [1.29, 1.82) is 0 Å². The van der Waals surface area contributed by atoms with Gasteiger partial charge in [-0.3, -0.25) is 4.79 Å². The highest BCUT2D eigenvalue weighted by Gasteiger charge is 2.19. The third-order valence-electron chi connectivity index (χ3n) is 3.69. The number of hydrogen-bond donors (Lipinski definition) is 2. The fourth-order valence-corrected chi connectivity index (χ4v) is 3.73. The summed E-state index contributed by atoms with van der Waals surface area (Å²) in [6, 6.07) is 17.9. The largest absolute Gasteiger partial charge is 0.371 e. The molecule has 0 spiro atoms. The summed E-state index contributed by atoms with van der Waals surface area (Å²) in [5.74, 6) is -0.214. The summed E-state index contributed by atoms with van der Waals surface area (Å²) in [4.78, 5) is 12.3. The first-order valence-electron chi connectivity index (χ1n) is 7.82. The van der Waals surface area contributed by atoms with Crippen LogP contribution in [0, 0.1) is 0 Å². The van der Waals surface area contributed by atoms with Gasteiger partial charge in [-0.05, 0) is 11.6 Å². The van der Waals surface area contributed by atoms with Crippen LogP contribution in [0.15, 0.2) is 84.6 Å². The minimum Gasteiger partial charge on any atom is -0.371 e. The zero-order valence-electron chi connectivity index (χ0n) is 13.4. The van der Waals surface area contributed by atoms with Gasteiger partial charge in [-0.1, -0.05) is 66.7 Å². The lowest BCUT2D eigenvalue weighted by Gasteiger charge is -2.19. The molecule has 1 unspecified atom stereocenters. The molecule has 128 valence electrons. The topological polar surface area (TPSA) is 75.3 Å². The molecule has 1 heterocycles. The molecule has 0 aromatic heterocycles. The van der Waals surface area contributed by atoms with Crippen LogP contribution in [0.5, 0.6) is 0 Å². The molecule has 1 atom stereocenters. The number of carbonyl (C=O) groups is 1. The average molecular weight is 354 g/mol. The molecule has 3 rings (SSSR count). The van der Waals surface area contributed by atoms with Gasteiger partial charge < -0.3 is 5.32 Å². The monoisotopic (exact) mass is 354 g/mol. The maximum Gasteiger partial charge on any atom is 0.217 e. The second-order valence-electron chi connectivity index (χ2n) is 5.66. The van der Waals surface area contributed by atoms with Crippen LogP contribution in [0.4, 0.5) is 0 Å². The van der Waals surface area contributed by atoms with Crippen molar-refractivity contribution in [3.63, 3.8) is 0 Å². The maximum absolute atomic E-state index is 12.3. The van der Waals surface area contributed by atoms with Gasteiger partial charge in [0.15, 0.2) is 5.78 Å². The average Bonchev–Trinajstić information content (AvgIpc) is 2.62. The molecule has 5 nitrogen and oxygen atoms in total. The van der Waals surface area contributed by atoms with Crippen molar-refractivity contribution in [1.82, 2.24) is 10.0 Å². The molecule has 2 aromatic carbocycles. The first-order valence-corrected chi connectivity index (χ1v) is 9.47. The van der Waals surface area contributed by atoms with E-state index in [-0.39, 0.29) is 11.5 Å². The quantitative estimate of drug-likeness (QED) is 0.781. The third kappa shape index (κ3) is 4.65. The Balaban J connectivity index is 1.61. The lowest BCUT2D eigenvalue weighted by Crippen LogP contribution is -2.43. The normalized spacial score (nSPS) is 16.8. The highest BCUT2D eigenvalue weighted by molar-refractivity contribution is 7.88. The van der Waals surface area contributed by atoms with E-state index in [2.05, 4.69) is 10.0 Å². The zero-order valence-corrected chi connectivity index (χ0v) is 14.2. The van der Waals surface area contributed by atoms with Crippen LogP contribution in [0.3, 0.4) is 0 Å². The van der Waals surface area contributed by atoms with E-state index in [1.54, 1.807) is 60.7 Å². The molecule has 0 radical (unpaired) electrons. The summed E-state index contributed by atoms with van der Waals surface area (Å²) >= 11 is 0. The second kappa shape index (κ2) is 7.46. The van der Waals surface area contributed by atoms with Crippen molar-refractivity contribution >= 4 is 15.8 Å². The molecule has 0 fully saturated rings. The standard InChI is InChI=1S/C19H18N2O3S/c22-19(16-9-5-2-6-10-16)17-11-12-18(20-13-17)21-25(23,24)14-15-7-3-1-4-8-15/h1-13,18,20-21H,14H2. The van der Waals surface area contributed by atoms with E-state index in [4.69, 9.17) is 0 Å². The van der Waals surface area contributed by atoms with Crippen LogP contribution in [-0.4, -0.2) is 20.4 Å². The summed E-state index contributed by atoms with van der Waals surface area (Å²) in [6.45, 7) is 0. The summed E-state index contributed by atoms with van der Waals surface area (Å²) in [7, 11) is -3.50. The Hall–Kier alpha value is -2.70. The summed E-state index contributed by atoms with van der Waals surface area (Å²) in [6.07, 6.45) is 4.20. The minimum absolute atomic E-state index is 0.0978.